The molecule has 3 aromatic carbocycles. The summed E-state index contributed by atoms with van der Waals surface area (Å²) in [6.07, 6.45) is 1.48. The first-order valence-electron chi connectivity index (χ1n) is 9.91. The molecule has 4 aromatic rings. The Morgan fingerprint density at radius 3 is 2.35 bits per heavy atom. The maximum absolute atomic E-state index is 12.0. The Morgan fingerprint density at radius 1 is 0.941 bits per heavy atom. The number of carbonyl (C=O) groups is 1. The Balaban J connectivity index is 1.74. The average Bonchev–Trinajstić information content (AvgIpc) is 2.83. The molecule has 3 N–H and O–H groups in total. The minimum absolute atomic E-state index is 0.0405. The van der Waals surface area contributed by atoms with Crippen molar-refractivity contribution in [3.63, 3.8) is 0 Å². The van der Waals surface area contributed by atoms with E-state index in [2.05, 4.69) is 25.5 Å². The molecule has 34 heavy (non-hydrogen) atoms. The van der Waals surface area contributed by atoms with Crippen LogP contribution < -0.4 is 5.84 Å². The minimum atomic E-state index is -4.55. The number of Topliss-reactive ketones (excluding diaryl/α,β-unsaturated/α-hetero) is 1. The smallest absolute Gasteiger partial charge is 0.295 e. The predicted octanol–water partition coefficient (Wildman–Crippen LogP) is 5.72. The van der Waals surface area contributed by atoms with E-state index < -0.39 is 10.1 Å². The first-order valence-corrected chi connectivity index (χ1v) is 11.4. The highest BCUT2D eigenvalue weighted by Gasteiger charge is 2.20. The summed E-state index contributed by atoms with van der Waals surface area (Å²) in [6.45, 7) is 1.49. The summed E-state index contributed by atoms with van der Waals surface area (Å²) in [5, 5.41) is 16.0. The first-order chi connectivity index (χ1) is 16.3. The average molecular weight is 475 g/mol. The molecule has 0 aliphatic heterocycles. The minimum Gasteiger partial charge on any atom is -0.305 e. The number of rotatable bonds is 6. The van der Waals surface area contributed by atoms with Gasteiger partial charge in [-0.3, -0.25) is 14.3 Å². The zero-order chi connectivity index (χ0) is 24.3. The number of nitrogens with zero attached hydrogens (tertiary/aromatic N) is 5. The molecule has 0 radical (unpaired) electrons. The molecule has 0 bridgehead atoms. The number of pyridine rings is 1. The molecule has 0 aliphatic rings. The number of nitrogens with two attached hydrogens (primary N) is 1. The van der Waals surface area contributed by atoms with Crippen LogP contribution in [-0.4, -0.2) is 23.7 Å². The molecule has 0 fully saturated rings. The van der Waals surface area contributed by atoms with Gasteiger partial charge in [0.15, 0.2) is 5.78 Å². The molecule has 11 heteroatoms. The van der Waals surface area contributed by atoms with Crippen molar-refractivity contribution in [1.29, 1.82) is 0 Å². The van der Waals surface area contributed by atoms with Crippen molar-refractivity contribution in [2.24, 2.45) is 26.4 Å². The number of fused-ring (bicyclic) bond motifs is 1. The Morgan fingerprint density at radius 2 is 1.71 bits per heavy atom. The molecule has 0 atom stereocenters. The number of aromatic nitrogens is 1. The highest BCUT2D eigenvalue weighted by molar-refractivity contribution is 7.86. The van der Waals surface area contributed by atoms with Gasteiger partial charge < -0.3 is 5.84 Å². The second kappa shape index (κ2) is 9.25. The van der Waals surface area contributed by atoms with Gasteiger partial charge in [0.25, 0.3) is 10.1 Å². The standard InChI is InChI=1S/C23H18N6O4S/c1-14(30)15-5-4-6-16(11-15)20-10-9-17(13-25-20)26-27-21-12-22(34(31,32)33)18-7-2-3-8-19(18)23(21)28-29-24/h2-13H,1H3,(H2,24,28)(H,31,32,33)/b27-26+. The van der Waals surface area contributed by atoms with Crippen LogP contribution in [0.1, 0.15) is 17.3 Å². The molecular weight excluding hydrogens is 456 g/mol. The van der Waals surface area contributed by atoms with Gasteiger partial charge >= 0.3 is 0 Å². The van der Waals surface area contributed by atoms with Crippen molar-refractivity contribution >= 4 is 43.7 Å². The van der Waals surface area contributed by atoms with Crippen LogP contribution in [0.2, 0.25) is 0 Å². The van der Waals surface area contributed by atoms with Gasteiger partial charge in [0.05, 0.1) is 11.9 Å². The summed E-state index contributed by atoms with van der Waals surface area (Å²) in [5.74, 6) is 5.20. The third-order valence-electron chi connectivity index (χ3n) is 4.98. The lowest BCUT2D eigenvalue weighted by Crippen LogP contribution is -1.99. The van der Waals surface area contributed by atoms with Crippen LogP contribution in [0, 0.1) is 0 Å². The Hall–Kier alpha value is -4.35. The first kappa shape index (κ1) is 22.8. The zero-order valence-corrected chi connectivity index (χ0v) is 18.6. The molecule has 0 saturated heterocycles. The van der Waals surface area contributed by atoms with Crippen molar-refractivity contribution in [1.82, 2.24) is 4.98 Å². The molecule has 1 heterocycles. The van der Waals surface area contributed by atoms with E-state index in [-0.39, 0.29) is 27.4 Å². The van der Waals surface area contributed by atoms with Crippen LogP contribution >= 0.6 is 0 Å². The van der Waals surface area contributed by atoms with Gasteiger partial charge in [-0.1, -0.05) is 47.7 Å². The van der Waals surface area contributed by atoms with E-state index in [9.17, 15) is 17.8 Å². The molecule has 10 nitrogen and oxygen atoms in total. The summed E-state index contributed by atoms with van der Waals surface area (Å²) in [5.41, 5.74) is 2.60. The molecule has 0 spiro atoms. The number of carbonyl (C=O) groups excluding carboxylic acids is 1. The molecule has 170 valence electrons. The molecule has 4 rings (SSSR count). The van der Waals surface area contributed by atoms with E-state index >= 15 is 0 Å². The molecule has 0 amide bonds. The van der Waals surface area contributed by atoms with E-state index in [1.54, 1.807) is 48.5 Å². The Bertz CT molecular complexity index is 1560. The lowest BCUT2D eigenvalue weighted by atomic mass is 10.1. The van der Waals surface area contributed by atoms with Gasteiger partial charge in [0.1, 0.15) is 22.0 Å². The number of hydrogen-bond donors (Lipinski definition) is 2. The maximum Gasteiger partial charge on any atom is 0.295 e. The van der Waals surface area contributed by atoms with Gasteiger partial charge in [0, 0.05) is 21.9 Å². The summed E-state index contributed by atoms with van der Waals surface area (Å²) in [4.78, 5) is 15.6. The lowest BCUT2D eigenvalue weighted by Gasteiger charge is -2.08. The second-order valence-corrected chi connectivity index (χ2v) is 8.61. The number of azo groups is 1. The summed E-state index contributed by atoms with van der Waals surface area (Å²) < 4.78 is 33.6. The third kappa shape index (κ3) is 4.70. The molecule has 0 aliphatic carbocycles. The van der Waals surface area contributed by atoms with Crippen molar-refractivity contribution in [3.8, 4) is 11.3 Å². The SMILES string of the molecule is CC(=O)c1cccc(-c2ccc(/N=N/c3cc(S(=O)(=O)O)c4ccccc4c3N=NN)cn2)c1. The lowest BCUT2D eigenvalue weighted by molar-refractivity contribution is 0.101. The Labute approximate surface area is 194 Å². The van der Waals surface area contributed by atoms with E-state index in [0.29, 0.717) is 22.3 Å². The van der Waals surface area contributed by atoms with Crippen LogP contribution in [0.25, 0.3) is 22.0 Å². The van der Waals surface area contributed by atoms with Crippen molar-refractivity contribution < 1.29 is 17.8 Å². The van der Waals surface area contributed by atoms with E-state index in [4.69, 9.17) is 5.84 Å². The van der Waals surface area contributed by atoms with Crippen LogP contribution in [0.4, 0.5) is 17.1 Å². The van der Waals surface area contributed by atoms with E-state index in [0.717, 1.165) is 11.6 Å². The van der Waals surface area contributed by atoms with E-state index in [1.165, 1.54) is 19.2 Å². The second-order valence-electron chi connectivity index (χ2n) is 7.22. The largest absolute Gasteiger partial charge is 0.305 e. The summed E-state index contributed by atoms with van der Waals surface area (Å²) in [6, 6.07) is 18.1. The predicted molar refractivity (Wildman–Crippen MR) is 126 cm³/mol. The van der Waals surface area contributed by atoms with Gasteiger partial charge in [-0.15, -0.1) is 15.3 Å². The van der Waals surface area contributed by atoms with Crippen molar-refractivity contribution in [2.75, 3.05) is 0 Å². The topological polar surface area (TPSA) is 160 Å². The van der Waals surface area contributed by atoms with Crippen LogP contribution in [-0.2, 0) is 10.1 Å². The fourth-order valence-corrected chi connectivity index (χ4v) is 4.11. The van der Waals surface area contributed by atoms with Gasteiger partial charge in [-0.2, -0.15) is 8.42 Å². The fourth-order valence-electron chi connectivity index (χ4n) is 3.39. The fraction of sp³-hybridized carbons (Fsp3) is 0.0435. The zero-order valence-electron chi connectivity index (χ0n) is 17.8. The molecule has 1 aromatic heterocycles. The van der Waals surface area contributed by atoms with Gasteiger partial charge in [-0.25, -0.2) is 0 Å². The van der Waals surface area contributed by atoms with Crippen LogP contribution in [0.5, 0.6) is 0 Å². The number of ketones is 1. The van der Waals surface area contributed by atoms with Gasteiger partial charge in [0.2, 0.25) is 0 Å². The normalized spacial score (nSPS) is 12.1. The van der Waals surface area contributed by atoms with Crippen LogP contribution in [0.15, 0.2) is 98.4 Å². The van der Waals surface area contributed by atoms with Crippen molar-refractivity contribution in [2.45, 2.75) is 11.8 Å². The summed E-state index contributed by atoms with van der Waals surface area (Å²) in [7, 11) is -4.55. The Kier molecular flexibility index (Phi) is 6.21. The summed E-state index contributed by atoms with van der Waals surface area (Å²) >= 11 is 0. The molecular formula is C23H18N6O4S. The number of benzene rings is 3. The highest BCUT2D eigenvalue weighted by atomic mass is 32.2. The quantitative estimate of drug-likeness (QED) is 0.119. The monoisotopic (exact) mass is 474 g/mol. The van der Waals surface area contributed by atoms with Crippen LogP contribution in [0.3, 0.4) is 0 Å². The maximum atomic E-state index is 12.0. The van der Waals surface area contributed by atoms with Gasteiger partial charge in [-0.05, 0) is 31.2 Å². The van der Waals surface area contributed by atoms with Crippen molar-refractivity contribution in [3.05, 3.63) is 78.5 Å². The highest BCUT2D eigenvalue weighted by Crippen LogP contribution is 2.40. The molecule has 0 saturated carbocycles. The molecule has 0 unspecified atom stereocenters. The third-order valence-corrected chi connectivity index (χ3v) is 5.87. The number of hydrogen-bond acceptors (Lipinski definition) is 8. The van der Waals surface area contributed by atoms with E-state index in [1.807, 2.05) is 6.07 Å².